The Balaban J connectivity index is 2.44. The van der Waals surface area contributed by atoms with Crippen LogP contribution in [0.4, 0.5) is 0 Å². The highest BCUT2D eigenvalue weighted by molar-refractivity contribution is 5.82. The lowest BCUT2D eigenvalue weighted by molar-refractivity contribution is -0.124. The second-order valence-corrected chi connectivity index (χ2v) is 4.58. The Hall–Kier alpha value is -0.410. The lowest BCUT2D eigenvalue weighted by Gasteiger charge is -2.34. The van der Waals surface area contributed by atoms with Crippen LogP contribution in [-0.2, 0) is 4.79 Å². The summed E-state index contributed by atoms with van der Waals surface area (Å²) in [5, 5.41) is 9.22. The molecule has 0 aliphatic carbocycles. The molecule has 2 atom stereocenters. The molecule has 2 unspecified atom stereocenters. The van der Waals surface area contributed by atoms with Crippen LogP contribution in [0, 0.1) is 5.92 Å². The molecule has 0 amide bonds. The summed E-state index contributed by atoms with van der Waals surface area (Å²) in [5.74, 6) is 0.476. The molecular formula is C12H23NO2. The third-order valence-electron chi connectivity index (χ3n) is 3.48. The van der Waals surface area contributed by atoms with Crippen LogP contribution in [0.5, 0.6) is 0 Å². The van der Waals surface area contributed by atoms with E-state index >= 15 is 0 Å². The standard InChI is InChI=1S/C12H23NO2/c1-3-10(2)12(15)8-13-7-5-4-6-11(13)9-14/h10-11,14H,3-9H2,1-2H3. The van der Waals surface area contributed by atoms with Gasteiger partial charge in [-0.1, -0.05) is 20.3 Å². The van der Waals surface area contributed by atoms with E-state index in [1.165, 1.54) is 6.42 Å². The number of carbonyl (C=O) groups excluding carboxylic acids is 1. The number of rotatable bonds is 5. The van der Waals surface area contributed by atoms with E-state index in [1.54, 1.807) is 0 Å². The summed E-state index contributed by atoms with van der Waals surface area (Å²) in [6.07, 6.45) is 4.28. The van der Waals surface area contributed by atoms with Crippen molar-refractivity contribution in [2.45, 2.75) is 45.6 Å². The van der Waals surface area contributed by atoms with Gasteiger partial charge in [0.15, 0.2) is 0 Å². The molecule has 0 saturated carbocycles. The summed E-state index contributed by atoms with van der Waals surface area (Å²) in [6, 6.07) is 0.215. The molecule has 0 radical (unpaired) electrons. The minimum atomic E-state index is 0.159. The summed E-state index contributed by atoms with van der Waals surface area (Å²) in [7, 11) is 0. The zero-order valence-electron chi connectivity index (χ0n) is 9.91. The molecule has 15 heavy (non-hydrogen) atoms. The lowest BCUT2D eigenvalue weighted by Crippen LogP contribution is -2.45. The van der Waals surface area contributed by atoms with Gasteiger partial charge in [0.25, 0.3) is 0 Å². The predicted octanol–water partition coefficient (Wildman–Crippen LogP) is 1.45. The average molecular weight is 213 g/mol. The zero-order valence-corrected chi connectivity index (χ0v) is 9.91. The fourth-order valence-electron chi connectivity index (χ4n) is 2.06. The third kappa shape index (κ3) is 3.58. The van der Waals surface area contributed by atoms with Crippen LogP contribution in [0.25, 0.3) is 0 Å². The molecule has 88 valence electrons. The van der Waals surface area contributed by atoms with E-state index in [0.29, 0.717) is 12.3 Å². The van der Waals surface area contributed by atoms with Crippen molar-refractivity contribution in [3.8, 4) is 0 Å². The van der Waals surface area contributed by atoms with Crippen LogP contribution in [0.1, 0.15) is 39.5 Å². The van der Waals surface area contributed by atoms with Crippen molar-refractivity contribution in [3.05, 3.63) is 0 Å². The van der Waals surface area contributed by atoms with Gasteiger partial charge in [0.2, 0.25) is 0 Å². The van der Waals surface area contributed by atoms with E-state index in [4.69, 9.17) is 0 Å². The second-order valence-electron chi connectivity index (χ2n) is 4.58. The number of hydrogen-bond acceptors (Lipinski definition) is 3. The maximum absolute atomic E-state index is 11.8. The van der Waals surface area contributed by atoms with E-state index in [1.807, 2.05) is 13.8 Å². The molecule has 0 aromatic carbocycles. The zero-order chi connectivity index (χ0) is 11.3. The molecule has 1 saturated heterocycles. The van der Waals surface area contributed by atoms with Gasteiger partial charge < -0.3 is 5.11 Å². The maximum atomic E-state index is 11.8. The number of ketones is 1. The van der Waals surface area contributed by atoms with Crippen molar-refractivity contribution in [2.24, 2.45) is 5.92 Å². The van der Waals surface area contributed by atoms with Gasteiger partial charge in [0.1, 0.15) is 5.78 Å². The van der Waals surface area contributed by atoms with Crippen molar-refractivity contribution in [1.29, 1.82) is 0 Å². The summed E-state index contributed by atoms with van der Waals surface area (Å²) in [4.78, 5) is 13.9. The molecule has 0 aromatic heterocycles. The summed E-state index contributed by atoms with van der Waals surface area (Å²) in [6.45, 7) is 5.71. The number of aliphatic hydroxyl groups is 1. The first-order valence-electron chi connectivity index (χ1n) is 6.06. The second kappa shape index (κ2) is 6.23. The summed E-state index contributed by atoms with van der Waals surface area (Å²) in [5.41, 5.74) is 0. The largest absolute Gasteiger partial charge is 0.395 e. The SMILES string of the molecule is CCC(C)C(=O)CN1CCCCC1CO. The number of Topliss-reactive ketones (excluding diaryl/α,β-unsaturated/α-hetero) is 1. The Kier molecular flexibility index (Phi) is 5.26. The Labute approximate surface area is 92.5 Å². The number of aliphatic hydroxyl groups excluding tert-OH is 1. The molecule has 0 aromatic rings. The molecule has 1 N–H and O–H groups in total. The minimum absolute atomic E-state index is 0.159. The van der Waals surface area contributed by atoms with Gasteiger partial charge in [-0.2, -0.15) is 0 Å². The molecule has 1 fully saturated rings. The van der Waals surface area contributed by atoms with Gasteiger partial charge in [-0.3, -0.25) is 9.69 Å². The molecule has 1 aliphatic heterocycles. The number of nitrogens with zero attached hydrogens (tertiary/aromatic N) is 1. The normalized spacial score (nSPS) is 25.1. The molecule has 1 aliphatic rings. The van der Waals surface area contributed by atoms with E-state index < -0.39 is 0 Å². The first kappa shape index (κ1) is 12.7. The number of hydrogen-bond donors (Lipinski definition) is 1. The number of piperidine rings is 1. The van der Waals surface area contributed by atoms with Crippen molar-refractivity contribution < 1.29 is 9.90 Å². The van der Waals surface area contributed by atoms with Crippen LogP contribution in [0.2, 0.25) is 0 Å². The van der Waals surface area contributed by atoms with Gasteiger partial charge in [0.05, 0.1) is 13.2 Å². The van der Waals surface area contributed by atoms with Crippen molar-refractivity contribution in [3.63, 3.8) is 0 Å². The molecule has 0 bridgehead atoms. The number of likely N-dealkylation sites (tertiary alicyclic amines) is 1. The van der Waals surface area contributed by atoms with Gasteiger partial charge >= 0.3 is 0 Å². The van der Waals surface area contributed by atoms with Crippen LogP contribution < -0.4 is 0 Å². The molecule has 1 heterocycles. The fraction of sp³-hybridized carbons (Fsp3) is 0.917. The van der Waals surface area contributed by atoms with Crippen LogP contribution >= 0.6 is 0 Å². The van der Waals surface area contributed by atoms with E-state index in [-0.39, 0.29) is 18.6 Å². The fourth-order valence-corrected chi connectivity index (χ4v) is 2.06. The molecule has 0 spiro atoms. The van der Waals surface area contributed by atoms with Crippen molar-refractivity contribution in [2.75, 3.05) is 19.7 Å². The molecule has 3 nitrogen and oxygen atoms in total. The highest BCUT2D eigenvalue weighted by Crippen LogP contribution is 2.17. The lowest BCUT2D eigenvalue weighted by atomic mass is 9.99. The van der Waals surface area contributed by atoms with Crippen molar-refractivity contribution >= 4 is 5.78 Å². The van der Waals surface area contributed by atoms with Gasteiger partial charge in [-0.25, -0.2) is 0 Å². The van der Waals surface area contributed by atoms with Gasteiger partial charge in [-0.05, 0) is 25.8 Å². The highest BCUT2D eigenvalue weighted by atomic mass is 16.3. The quantitative estimate of drug-likeness (QED) is 0.751. The van der Waals surface area contributed by atoms with E-state index in [0.717, 1.165) is 25.8 Å². The Morgan fingerprint density at radius 1 is 1.53 bits per heavy atom. The third-order valence-corrected chi connectivity index (χ3v) is 3.48. The van der Waals surface area contributed by atoms with E-state index in [2.05, 4.69) is 4.90 Å². The Morgan fingerprint density at radius 2 is 2.27 bits per heavy atom. The topological polar surface area (TPSA) is 40.5 Å². The van der Waals surface area contributed by atoms with Crippen molar-refractivity contribution in [1.82, 2.24) is 4.90 Å². The maximum Gasteiger partial charge on any atom is 0.149 e. The molecule has 1 rings (SSSR count). The summed E-state index contributed by atoms with van der Waals surface area (Å²) < 4.78 is 0. The van der Waals surface area contributed by atoms with Crippen LogP contribution in [0.3, 0.4) is 0 Å². The highest BCUT2D eigenvalue weighted by Gasteiger charge is 2.24. The van der Waals surface area contributed by atoms with Gasteiger partial charge in [-0.15, -0.1) is 0 Å². The number of carbonyl (C=O) groups is 1. The Bertz CT molecular complexity index is 206. The molecular weight excluding hydrogens is 190 g/mol. The first-order chi connectivity index (χ1) is 7.19. The van der Waals surface area contributed by atoms with Crippen LogP contribution in [0.15, 0.2) is 0 Å². The van der Waals surface area contributed by atoms with E-state index in [9.17, 15) is 9.90 Å². The monoisotopic (exact) mass is 213 g/mol. The first-order valence-corrected chi connectivity index (χ1v) is 6.06. The summed E-state index contributed by atoms with van der Waals surface area (Å²) >= 11 is 0. The minimum Gasteiger partial charge on any atom is -0.395 e. The predicted molar refractivity (Wildman–Crippen MR) is 60.8 cm³/mol. The van der Waals surface area contributed by atoms with Crippen LogP contribution in [-0.4, -0.2) is 41.5 Å². The Morgan fingerprint density at radius 3 is 2.87 bits per heavy atom. The van der Waals surface area contributed by atoms with Gasteiger partial charge in [0, 0.05) is 12.0 Å². The average Bonchev–Trinajstić information content (AvgIpc) is 2.28. The smallest absolute Gasteiger partial charge is 0.149 e. The molecule has 3 heteroatoms.